The van der Waals surface area contributed by atoms with Crippen molar-refractivity contribution in [2.45, 2.75) is 39.2 Å². The first-order valence-corrected chi connectivity index (χ1v) is 6.63. The van der Waals surface area contributed by atoms with Crippen molar-refractivity contribution in [3.8, 4) is 0 Å². The maximum atomic E-state index is 5.27. The van der Waals surface area contributed by atoms with E-state index in [1.165, 1.54) is 17.5 Å². The van der Waals surface area contributed by atoms with Gasteiger partial charge in [-0.25, -0.2) is 0 Å². The highest BCUT2D eigenvalue weighted by molar-refractivity contribution is 5.25. The molecule has 1 N–H and O–H groups in total. The second-order valence-corrected chi connectivity index (χ2v) is 4.45. The molecule has 1 aromatic carbocycles. The normalized spacial score (nSPS) is 12.6. The van der Waals surface area contributed by atoms with Gasteiger partial charge in [-0.15, -0.1) is 0 Å². The van der Waals surface area contributed by atoms with Gasteiger partial charge in [0.25, 0.3) is 0 Å². The number of hydrogen-bond donors (Lipinski definition) is 1. The average Bonchev–Trinajstić information content (AvgIpc) is 2.36. The van der Waals surface area contributed by atoms with Crippen LogP contribution in [0.4, 0.5) is 0 Å². The molecule has 0 aliphatic heterocycles. The van der Waals surface area contributed by atoms with Gasteiger partial charge in [0.1, 0.15) is 0 Å². The van der Waals surface area contributed by atoms with Gasteiger partial charge in [-0.05, 0) is 30.5 Å². The highest BCUT2D eigenvalue weighted by Crippen LogP contribution is 2.15. The Bertz CT molecular complexity index is 294. The van der Waals surface area contributed by atoms with E-state index < -0.39 is 0 Å². The maximum Gasteiger partial charge on any atom is 0.0657 e. The molecule has 0 radical (unpaired) electrons. The molecule has 0 spiro atoms. The van der Waals surface area contributed by atoms with Crippen molar-refractivity contribution >= 4 is 0 Å². The monoisotopic (exact) mass is 235 g/mol. The van der Waals surface area contributed by atoms with Crippen LogP contribution >= 0.6 is 0 Å². The molecule has 2 heteroatoms. The summed E-state index contributed by atoms with van der Waals surface area (Å²) in [5, 5.41) is 3.51. The fourth-order valence-electron chi connectivity index (χ4n) is 1.96. The molecule has 0 aliphatic carbocycles. The standard InChI is InChI=1S/C15H25NO/c1-4-6-13-7-9-14(10-8-13)15(12-17-3)16-11-5-2/h7-10,15-16H,4-6,11-12H2,1-3H3. The summed E-state index contributed by atoms with van der Waals surface area (Å²) < 4.78 is 5.27. The minimum absolute atomic E-state index is 0.315. The lowest BCUT2D eigenvalue weighted by atomic mass is 10.0. The van der Waals surface area contributed by atoms with Gasteiger partial charge >= 0.3 is 0 Å². The van der Waals surface area contributed by atoms with Crippen molar-refractivity contribution in [3.63, 3.8) is 0 Å². The zero-order chi connectivity index (χ0) is 12.5. The summed E-state index contributed by atoms with van der Waals surface area (Å²) in [6.45, 7) is 6.16. The number of rotatable bonds is 8. The van der Waals surface area contributed by atoms with Crippen LogP contribution in [0.1, 0.15) is 43.9 Å². The second kappa shape index (κ2) is 8.26. The molecule has 2 nitrogen and oxygen atoms in total. The van der Waals surface area contributed by atoms with Gasteiger partial charge in [0.05, 0.1) is 12.6 Å². The first-order chi connectivity index (χ1) is 8.31. The number of ether oxygens (including phenoxy) is 1. The molecular formula is C15H25NO. The van der Waals surface area contributed by atoms with E-state index in [-0.39, 0.29) is 0 Å². The van der Waals surface area contributed by atoms with Crippen molar-refractivity contribution in [2.24, 2.45) is 0 Å². The fraction of sp³-hybridized carbons (Fsp3) is 0.600. The Kier molecular flexibility index (Phi) is 6.90. The molecule has 0 saturated carbocycles. The molecule has 0 heterocycles. The highest BCUT2D eigenvalue weighted by Gasteiger charge is 2.09. The zero-order valence-electron chi connectivity index (χ0n) is 11.3. The molecule has 1 atom stereocenters. The summed E-state index contributed by atoms with van der Waals surface area (Å²) >= 11 is 0. The first-order valence-electron chi connectivity index (χ1n) is 6.63. The number of aryl methyl sites for hydroxylation is 1. The van der Waals surface area contributed by atoms with Crippen LogP contribution in [0.15, 0.2) is 24.3 Å². The quantitative estimate of drug-likeness (QED) is 0.746. The largest absolute Gasteiger partial charge is 0.383 e. The van der Waals surface area contributed by atoms with Crippen LogP contribution in [0.25, 0.3) is 0 Å². The summed E-state index contributed by atoms with van der Waals surface area (Å²) in [5.74, 6) is 0. The van der Waals surface area contributed by atoms with Crippen molar-refractivity contribution in [1.82, 2.24) is 5.32 Å². The van der Waals surface area contributed by atoms with Gasteiger partial charge in [-0.1, -0.05) is 44.5 Å². The van der Waals surface area contributed by atoms with Crippen LogP contribution in [0, 0.1) is 0 Å². The topological polar surface area (TPSA) is 21.3 Å². The molecule has 0 aromatic heterocycles. The van der Waals surface area contributed by atoms with E-state index in [0.717, 1.165) is 26.0 Å². The van der Waals surface area contributed by atoms with E-state index in [1.54, 1.807) is 7.11 Å². The molecule has 96 valence electrons. The Labute approximate surface area is 105 Å². The predicted octanol–water partition coefficient (Wildman–Crippen LogP) is 3.33. The van der Waals surface area contributed by atoms with Crippen LogP contribution < -0.4 is 5.32 Å². The summed E-state index contributed by atoms with van der Waals surface area (Å²) in [7, 11) is 1.76. The van der Waals surface area contributed by atoms with E-state index in [2.05, 4.69) is 43.4 Å². The molecule has 0 saturated heterocycles. The molecule has 17 heavy (non-hydrogen) atoms. The molecule has 1 rings (SSSR count). The SMILES string of the molecule is CCCNC(COC)c1ccc(CCC)cc1. The maximum absolute atomic E-state index is 5.27. The Morgan fingerprint density at radius 3 is 2.35 bits per heavy atom. The van der Waals surface area contributed by atoms with E-state index in [0.29, 0.717) is 6.04 Å². The Balaban J connectivity index is 2.65. The lowest BCUT2D eigenvalue weighted by Gasteiger charge is -2.18. The van der Waals surface area contributed by atoms with Crippen molar-refractivity contribution < 1.29 is 4.74 Å². The number of benzene rings is 1. The van der Waals surface area contributed by atoms with Gasteiger partial charge < -0.3 is 10.1 Å². The van der Waals surface area contributed by atoms with Gasteiger partial charge in [0.15, 0.2) is 0 Å². The van der Waals surface area contributed by atoms with Crippen LogP contribution in [-0.2, 0) is 11.2 Å². The summed E-state index contributed by atoms with van der Waals surface area (Å²) in [4.78, 5) is 0. The molecular weight excluding hydrogens is 210 g/mol. The highest BCUT2D eigenvalue weighted by atomic mass is 16.5. The molecule has 0 aliphatic rings. The Morgan fingerprint density at radius 2 is 1.82 bits per heavy atom. The Morgan fingerprint density at radius 1 is 1.12 bits per heavy atom. The van der Waals surface area contributed by atoms with Crippen molar-refractivity contribution in [1.29, 1.82) is 0 Å². The molecule has 0 amide bonds. The summed E-state index contributed by atoms with van der Waals surface area (Å²) in [5.41, 5.74) is 2.74. The third-order valence-corrected chi connectivity index (χ3v) is 2.89. The molecule has 1 unspecified atom stereocenters. The fourth-order valence-corrected chi connectivity index (χ4v) is 1.96. The summed E-state index contributed by atoms with van der Waals surface area (Å²) in [6.07, 6.45) is 3.51. The van der Waals surface area contributed by atoms with Crippen LogP contribution in [-0.4, -0.2) is 20.3 Å². The number of methoxy groups -OCH3 is 1. The molecule has 0 fully saturated rings. The van der Waals surface area contributed by atoms with Crippen LogP contribution in [0.2, 0.25) is 0 Å². The third-order valence-electron chi connectivity index (χ3n) is 2.89. The zero-order valence-corrected chi connectivity index (χ0v) is 11.3. The van der Waals surface area contributed by atoms with Gasteiger partial charge in [-0.3, -0.25) is 0 Å². The van der Waals surface area contributed by atoms with Gasteiger partial charge in [0.2, 0.25) is 0 Å². The molecule has 0 bridgehead atoms. The van der Waals surface area contributed by atoms with Crippen molar-refractivity contribution in [3.05, 3.63) is 35.4 Å². The van der Waals surface area contributed by atoms with Crippen LogP contribution in [0.3, 0.4) is 0 Å². The van der Waals surface area contributed by atoms with E-state index in [4.69, 9.17) is 4.74 Å². The van der Waals surface area contributed by atoms with E-state index >= 15 is 0 Å². The third kappa shape index (κ3) is 4.88. The number of nitrogens with one attached hydrogen (secondary N) is 1. The Hall–Kier alpha value is -0.860. The first kappa shape index (κ1) is 14.2. The smallest absolute Gasteiger partial charge is 0.0657 e. The van der Waals surface area contributed by atoms with Crippen LogP contribution in [0.5, 0.6) is 0 Å². The van der Waals surface area contributed by atoms with Gasteiger partial charge in [0, 0.05) is 7.11 Å². The minimum Gasteiger partial charge on any atom is -0.383 e. The van der Waals surface area contributed by atoms with Crippen molar-refractivity contribution in [2.75, 3.05) is 20.3 Å². The lowest BCUT2D eigenvalue weighted by molar-refractivity contribution is 0.167. The second-order valence-electron chi connectivity index (χ2n) is 4.45. The van der Waals surface area contributed by atoms with E-state index in [9.17, 15) is 0 Å². The van der Waals surface area contributed by atoms with Gasteiger partial charge in [-0.2, -0.15) is 0 Å². The predicted molar refractivity (Wildman–Crippen MR) is 73.3 cm³/mol. The minimum atomic E-state index is 0.315. The average molecular weight is 235 g/mol. The summed E-state index contributed by atoms with van der Waals surface area (Å²) in [6, 6.07) is 9.22. The lowest BCUT2D eigenvalue weighted by Crippen LogP contribution is -2.25. The van der Waals surface area contributed by atoms with E-state index in [1.807, 2.05) is 0 Å². The molecule has 1 aromatic rings. The number of hydrogen-bond acceptors (Lipinski definition) is 2.